The van der Waals surface area contributed by atoms with E-state index in [4.69, 9.17) is 0 Å². The number of aldehydes is 1. The predicted octanol–water partition coefficient (Wildman–Crippen LogP) is 3.68. The summed E-state index contributed by atoms with van der Waals surface area (Å²) in [5, 5.41) is 1.93. The first-order valence-electron chi connectivity index (χ1n) is 4.51. The predicted molar refractivity (Wildman–Crippen MR) is 59.8 cm³/mol. The van der Waals surface area contributed by atoms with Crippen molar-refractivity contribution >= 4 is 17.6 Å². The Labute approximate surface area is 91.2 Å². The van der Waals surface area contributed by atoms with Crippen LogP contribution in [0.4, 0.5) is 4.39 Å². The van der Waals surface area contributed by atoms with Gasteiger partial charge in [0.25, 0.3) is 0 Å². The molecule has 0 aliphatic rings. The minimum Gasteiger partial charge on any atom is -0.298 e. The van der Waals surface area contributed by atoms with E-state index < -0.39 is 5.82 Å². The summed E-state index contributed by atoms with van der Waals surface area (Å²) in [5.41, 5.74) is 1.70. The molecule has 0 aliphatic heterocycles. The van der Waals surface area contributed by atoms with Gasteiger partial charge in [-0.15, -0.1) is 11.3 Å². The molecule has 0 aliphatic carbocycles. The lowest BCUT2D eigenvalue weighted by molar-refractivity contribution is 0.112. The maximum atomic E-state index is 13.3. The van der Waals surface area contributed by atoms with Crippen LogP contribution in [0.2, 0.25) is 0 Å². The Morgan fingerprint density at radius 1 is 1.40 bits per heavy atom. The molecule has 0 saturated carbocycles. The lowest BCUT2D eigenvalue weighted by Crippen LogP contribution is -1.91. The second kappa shape index (κ2) is 3.95. The van der Waals surface area contributed by atoms with E-state index in [9.17, 15) is 9.18 Å². The van der Waals surface area contributed by atoms with Gasteiger partial charge in [-0.05, 0) is 35.6 Å². The first-order chi connectivity index (χ1) is 7.22. The minimum atomic E-state index is -0.466. The fourth-order valence-electron chi connectivity index (χ4n) is 1.49. The van der Waals surface area contributed by atoms with Crippen LogP contribution in [0.1, 0.15) is 15.2 Å². The third kappa shape index (κ3) is 1.83. The molecule has 76 valence electrons. The monoisotopic (exact) mass is 220 g/mol. The Hall–Kier alpha value is -1.48. The second-order valence-corrected chi connectivity index (χ2v) is 4.38. The van der Waals surface area contributed by atoms with Crippen molar-refractivity contribution in [1.82, 2.24) is 0 Å². The zero-order valence-electron chi connectivity index (χ0n) is 8.16. The highest BCUT2D eigenvalue weighted by molar-refractivity contribution is 7.10. The van der Waals surface area contributed by atoms with Gasteiger partial charge in [0.05, 0.1) is 5.56 Å². The van der Waals surface area contributed by atoms with Crippen LogP contribution in [-0.2, 0) is 0 Å². The molecule has 1 aromatic carbocycles. The number of aryl methyl sites for hydroxylation is 1. The molecule has 0 bridgehead atoms. The third-order valence-electron chi connectivity index (χ3n) is 2.21. The van der Waals surface area contributed by atoms with Crippen LogP contribution in [-0.4, -0.2) is 6.29 Å². The van der Waals surface area contributed by atoms with Crippen molar-refractivity contribution in [3.8, 4) is 11.1 Å². The third-order valence-corrected chi connectivity index (χ3v) is 3.07. The van der Waals surface area contributed by atoms with Crippen LogP contribution >= 0.6 is 11.3 Å². The van der Waals surface area contributed by atoms with Crippen molar-refractivity contribution in [1.29, 1.82) is 0 Å². The van der Waals surface area contributed by atoms with Crippen molar-refractivity contribution in [3.05, 3.63) is 45.9 Å². The van der Waals surface area contributed by atoms with Crippen molar-refractivity contribution < 1.29 is 9.18 Å². The van der Waals surface area contributed by atoms with Gasteiger partial charge in [0.2, 0.25) is 0 Å². The summed E-state index contributed by atoms with van der Waals surface area (Å²) in [6.45, 7) is 1.98. The van der Waals surface area contributed by atoms with Crippen LogP contribution in [0.3, 0.4) is 0 Å². The number of thiophene rings is 1. The quantitative estimate of drug-likeness (QED) is 0.706. The average Bonchev–Trinajstić information content (AvgIpc) is 2.64. The van der Waals surface area contributed by atoms with Crippen LogP contribution in [0, 0.1) is 12.7 Å². The van der Waals surface area contributed by atoms with Crippen molar-refractivity contribution in [2.75, 3.05) is 0 Å². The molecule has 3 heteroatoms. The summed E-state index contributed by atoms with van der Waals surface area (Å²) in [4.78, 5) is 11.9. The van der Waals surface area contributed by atoms with Crippen LogP contribution < -0.4 is 0 Å². The molecule has 0 fully saturated rings. The molecule has 2 rings (SSSR count). The molecule has 0 radical (unpaired) electrons. The normalized spacial score (nSPS) is 10.3. The Morgan fingerprint density at radius 2 is 2.20 bits per heavy atom. The number of carbonyl (C=O) groups is 1. The molecular formula is C12H9FOS. The second-order valence-electron chi connectivity index (χ2n) is 3.26. The lowest BCUT2D eigenvalue weighted by Gasteiger charge is -2.02. The topological polar surface area (TPSA) is 17.1 Å². The Morgan fingerprint density at radius 3 is 2.80 bits per heavy atom. The highest BCUT2D eigenvalue weighted by Crippen LogP contribution is 2.28. The summed E-state index contributed by atoms with van der Waals surface area (Å²) >= 11 is 1.59. The molecule has 1 aromatic heterocycles. The fourth-order valence-corrected chi connectivity index (χ4v) is 2.20. The van der Waals surface area contributed by atoms with Gasteiger partial charge in [-0.25, -0.2) is 4.39 Å². The maximum absolute atomic E-state index is 13.3. The van der Waals surface area contributed by atoms with Gasteiger partial charge in [-0.2, -0.15) is 0 Å². The molecule has 15 heavy (non-hydrogen) atoms. The lowest BCUT2D eigenvalue weighted by atomic mass is 10.0. The molecule has 0 atom stereocenters. The number of hydrogen-bond donors (Lipinski definition) is 0. The largest absolute Gasteiger partial charge is 0.298 e. The molecule has 0 N–H and O–H groups in total. The summed E-state index contributed by atoms with van der Waals surface area (Å²) in [5.74, 6) is -0.466. The Balaban J connectivity index is 2.62. The summed E-state index contributed by atoms with van der Waals surface area (Å²) in [6.07, 6.45) is 0.567. The number of hydrogen-bond acceptors (Lipinski definition) is 2. The molecule has 0 saturated heterocycles. The van der Waals surface area contributed by atoms with Gasteiger partial charge in [-0.1, -0.05) is 12.1 Å². The maximum Gasteiger partial charge on any atom is 0.153 e. The summed E-state index contributed by atoms with van der Waals surface area (Å²) in [6, 6.07) is 6.62. The van der Waals surface area contributed by atoms with Gasteiger partial charge in [0, 0.05) is 4.88 Å². The molecule has 0 amide bonds. The van der Waals surface area contributed by atoms with Crippen molar-refractivity contribution in [3.63, 3.8) is 0 Å². The molecule has 2 aromatic rings. The number of benzene rings is 1. The van der Waals surface area contributed by atoms with Crippen LogP contribution in [0.15, 0.2) is 29.6 Å². The fraction of sp³-hybridized carbons (Fsp3) is 0.0833. The molecule has 1 nitrogen and oxygen atoms in total. The standard InChI is InChI=1S/C12H9FOS/c1-8-5-9(7-15-8)10-3-2-4-12(13)11(10)6-14/h2-7H,1H3. The zero-order chi connectivity index (χ0) is 10.8. The Bertz CT molecular complexity index is 502. The molecule has 0 unspecified atom stereocenters. The highest BCUT2D eigenvalue weighted by Gasteiger charge is 2.09. The van der Waals surface area contributed by atoms with Gasteiger partial charge in [0.1, 0.15) is 5.82 Å². The van der Waals surface area contributed by atoms with Gasteiger partial charge in [-0.3, -0.25) is 4.79 Å². The number of carbonyl (C=O) groups excluding carboxylic acids is 1. The van der Waals surface area contributed by atoms with E-state index in [0.717, 1.165) is 10.4 Å². The molecule has 1 heterocycles. The van der Waals surface area contributed by atoms with E-state index >= 15 is 0 Å². The van der Waals surface area contributed by atoms with E-state index in [1.165, 1.54) is 6.07 Å². The summed E-state index contributed by atoms with van der Waals surface area (Å²) < 4.78 is 13.3. The van der Waals surface area contributed by atoms with E-state index in [1.54, 1.807) is 23.5 Å². The SMILES string of the molecule is Cc1cc(-c2cccc(F)c2C=O)cs1. The Kier molecular flexibility index (Phi) is 2.64. The van der Waals surface area contributed by atoms with E-state index in [0.29, 0.717) is 11.8 Å². The van der Waals surface area contributed by atoms with E-state index in [-0.39, 0.29) is 5.56 Å². The van der Waals surface area contributed by atoms with E-state index in [1.807, 2.05) is 18.4 Å². The smallest absolute Gasteiger partial charge is 0.153 e. The average molecular weight is 220 g/mol. The van der Waals surface area contributed by atoms with E-state index in [2.05, 4.69) is 0 Å². The van der Waals surface area contributed by atoms with Crippen molar-refractivity contribution in [2.45, 2.75) is 6.92 Å². The van der Waals surface area contributed by atoms with Gasteiger partial charge < -0.3 is 0 Å². The first-order valence-corrected chi connectivity index (χ1v) is 5.39. The minimum absolute atomic E-state index is 0.135. The highest BCUT2D eigenvalue weighted by atomic mass is 32.1. The van der Waals surface area contributed by atoms with Crippen molar-refractivity contribution in [2.24, 2.45) is 0 Å². The number of halogens is 1. The van der Waals surface area contributed by atoms with Gasteiger partial charge in [0.15, 0.2) is 6.29 Å². The summed E-state index contributed by atoms with van der Waals surface area (Å²) in [7, 11) is 0. The van der Waals surface area contributed by atoms with Gasteiger partial charge >= 0.3 is 0 Å². The first kappa shape index (κ1) is 10.1. The molecular weight excluding hydrogens is 211 g/mol. The van der Waals surface area contributed by atoms with Crippen LogP contribution in [0.5, 0.6) is 0 Å². The zero-order valence-corrected chi connectivity index (χ0v) is 8.98. The number of rotatable bonds is 2. The molecule has 0 spiro atoms. The van der Waals surface area contributed by atoms with Crippen LogP contribution in [0.25, 0.3) is 11.1 Å².